The minimum absolute atomic E-state index is 0.127. The number of esters is 1. The number of carbonyl (C=O) groups excluding carboxylic acids is 2. The van der Waals surface area contributed by atoms with Crippen molar-refractivity contribution in [2.75, 3.05) is 57.3 Å². The summed E-state index contributed by atoms with van der Waals surface area (Å²) >= 11 is 0. The largest absolute Gasteiger partial charge is 0.466 e. The summed E-state index contributed by atoms with van der Waals surface area (Å²) in [4.78, 5) is 40.4. The summed E-state index contributed by atoms with van der Waals surface area (Å²) in [6.45, 7) is 9.31. The molecule has 3 aliphatic rings. The van der Waals surface area contributed by atoms with E-state index in [1.54, 1.807) is 12.4 Å². The van der Waals surface area contributed by atoms with Crippen molar-refractivity contribution in [3.05, 3.63) is 30.6 Å². The molecule has 2 saturated heterocycles. The van der Waals surface area contributed by atoms with E-state index in [4.69, 9.17) is 4.74 Å². The normalized spacial score (nSPS) is 29.0. The number of ether oxygens (including phenoxy) is 1. The van der Waals surface area contributed by atoms with Gasteiger partial charge in [0.25, 0.3) is 0 Å². The van der Waals surface area contributed by atoms with Gasteiger partial charge < -0.3 is 14.5 Å². The van der Waals surface area contributed by atoms with Gasteiger partial charge in [0.05, 0.1) is 19.1 Å². The highest BCUT2D eigenvalue weighted by Crippen LogP contribution is 2.40. The summed E-state index contributed by atoms with van der Waals surface area (Å²) < 4.78 is 5.32. The zero-order chi connectivity index (χ0) is 21.1. The lowest BCUT2D eigenvalue weighted by atomic mass is 9.72. The fourth-order valence-electron chi connectivity index (χ4n) is 4.95. The maximum atomic E-state index is 13.0. The molecule has 0 aromatic carbocycles. The quantitative estimate of drug-likeness (QED) is 0.528. The van der Waals surface area contributed by atoms with E-state index in [1.165, 1.54) is 0 Å². The third kappa shape index (κ3) is 4.33. The second kappa shape index (κ2) is 9.12. The van der Waals surface area contributed by atoms with E-state index in [-0.39, 0.29) is 35.5 Å². The maximum absolute atomic E-state index is 13.0. The first-order valence-corrected chi connectivity index (χ1v) is 10.9. The molecule has 0 radical (unpaired) electrons. The lowest BCUT2D eigenvalue weighted by Gasteiger charge is -2.35. The van der Waals surface area contributed by atoms with E-state index in [0.29, 0.717) is 26.2 Å². The molecule has 0 unspecified atom stereocenters. The number of rotatable bonds is 5. The average Bonchev–Trinajstić information content (AvgIpc) is 3.19. The first kappa shape index (κ1) is 20.8. The van der Waals surface area contributed by atoms with Crippen LogP contribution in [0, 0.1) is 23.7 Å². The molecule has 1 aliphatic carbocycles. The van der Waals surface area contributed by atoms with E-state index in [1.807, 2.05) is 17.9 Å². The topological polar surface area (TPSA) is 78.9 Å². The van der Waals surface area contributed by atoms with Gasteiger partial charge in [0.2, 0.25) is 11.9 Å². The van der Waals surface area contributed by atoms with Gasteiger partial charge in [-0.1, -0.05) is 19.1 Å². The molecular weight excluding hydrogens is 382 g/mol. The van der Waals surface area contributed by atoms with Gasteiger partial charge in [-0.25, -0.2) is 9.97 Å². The van der Waals surface area contributed by atoms with Crippen LogP contribution >= 0.6 is 0 Å². The molecule has 0 saturated carbocycles. The molecule has 0 N–H and O–H groups in total. The van der Waals surface area contributed by atoms with Crippen molar-refractivity contribution in [3.63, 3.8) is 0 Å². The Bertz CT molecular complexity index is 778. The van der Waals surface area contributed by atoms with Crippen molar-refractivity contribution < 1.29 is 14.3 Å². The third-order valence-electron chi connectivity index (χ3n) is 6.58. The summed E-state index contributed by atoms with van der Waals surface area (Å²) in [6.07, 6.45) is 7.81. The number of piperazine rings is 1. The molecule has 162 valence electrons. The van der Waals surface area contributed by atoms with Gasteiger partial charge in [-0.2, -0.15) is 0 Å². The van der Waals surface area contributed by atoms with E-state index in [0.717, 1.165) is 32.1 Å². The first-order chi connectivity index (χ1) is 14.6. The first-order valence-electron chi connectivity index (χ1n) is 10.9. The van der Waals surface area contributed by atoms with Crippen LogP contribution in [0.25, 0.3) is 0 Å². The van der Waals surface area contributed by atoms with Gasteiger partial charge in [-0.05, 0) is 30.7 Å². The van der Waals surface area contributed by atoms with Crippen LogP contribution in [0.15, 0.2) is 30.6 Å². The summed E-state index contributed by atoms with van der Waals surface area (Å²) in [5.74, 6) is 1.15. The monoisotopic (exact) mass is 413 g/mol. The average molecular weight is 414 g/mol. The SMILES string of the molecule is CCOC(=O)[C@H]1[C@@H]2CN(C(=O)CN3CCN(c4ncccn4)CC3)C[C@@H]2C=C[C@@H]1C. The number of fused-ring (bicyclic) bond motifs is 1. The predicted molar refractivity (Wildman–Crippen MR) is 113 cm³/mol. The Morgan fingerprint density at radius 1 is 1.10 bits per heavy atom. The highest BCUT2D eigenvalue weighted by atomic mass is 16.5. The van der Waals surface area contributed by atoms with Crippen LogP contribution in [0.4, 0.5) is 5.95 Å². The molecule has 1 amide bonds. The van der Waals surface area contributed by atoms with E-state index >= 15 is 0 Å². The van der Waals surface area contributed by atoms with Crippen molar-refractivity contribution in [2.24, 2.45) is 23.7 Å². The number of aromatic nitrogens is 2. The highest BCUT2D eigenvalue weighted by Gasteiger charge is 2.46. The van der Waals surface area contributed by atoms with Crippen LogP contribution in [0.5, 0.6) is 0 Å². The number of likely N-dealkylation sites (tertiary alicyclic amines) is 1. The number of anilines is 1. The number of hydrogen-bond acceptors (Lipinski definition) is 7. The fraction of sp³-hybridized carbons (Fsp3) is 0.636. The van der Waals surface area contributed by atoms with Crippen LogP contribution in [-0.2, 0) is 14.3 Å². The van der Waals surface area contributed by atoms with Crippen LogP contribution in [0.3, 0.4) is 0 Å². The smallest absolute Gasteiger partial charge is 0.309 e. The second-order valence-corrected chi connectivity index (χ2v) is 8.46. The second-order valence-electron chi connectivity index (χ2n) is 8.46. The Balaban J connectivity index is 1.31. The Morgan fingerprint density at radius 2 is 1.83 bits per heavy atom. The summed E-state index contributed by atoms with van der Waals surface area (Å²) in [5, 5.41) is 0. The molecule has 8 nitrogen and oxygen atoms in total. The zero-order valence-corrected chi connectivity index (χ0v) is 17.8. The Hall–Kier alpha value is -2.48. The van der Waals surface area contributed by atoms with Gasteiger partial charge in [0.15, 0.2) is 0 Å². The molecule has 4 atom stereocenters. The molecule has 0 spiro atoms. The lowest BCUT2D eigenvalue weighted by Crippen LogP contribution is -2.50. The van der Waals surface area contributed by atoms with E-state index < -0.39 is 0 Å². The number of nitrogens with zero attached hydrogens (tertiary/aromatic N) is 5. The van der Waals surface area contributed by atoms with Crippen LogP contribution in [0.1, 0.15) is 13.8 Å². The fourth-order valence-corrected chi connectivity index (χ4v) is 4.95. The van der Waals surface area contributed by atoms with Crippen molar-refractivity contribution >= 4 is 17.8 Å². The lowest BCUT2D eigenvalue weighted by molar-refractivity contribution is -0.152. The van der Waals surface area contributed by atoms with E-state index in [9.17, 15) is 9.59 Å². The molecule has 2 aliphatic heterocycles. The number of amides is 1. The van der Waals surface area contributed by atoms with Crippen molar-refractivity contribution in [1.29, 1.82) is 0 Å². The molecule has 30 heavy (non-hydrogen) atoms. The Labute approximate surface area is 177 Å². The molecule has 2 fully saturated rings. The third-order valence-corrected chi connectivity index (χ3v) is 6.58. The standard InChI is InChI=1S/C22H31N5O3/c1-3-30-21(29)20-16(2)5-6-17-13-27(14-18(17)20)19(28)15-25-9-11-26(12-10-25)22-23-7-4-8-24-22/h4-8,16-18,20H,3,9-15H2,1-2H3/t16-,17-,18+,20+/m0/s1. The van der Waals surface area contributed by atoms with Crippen molar-refractivity contribution in [2.45, 2.75) is 13.8 Å². The minimum atomic E-state index is -0.160. The molecule has 0 bridgehead atoms. The van der Waals surface area contributed by atoms with Crippen LogP contribution in [0.2, 0.25) is 0 Å². The summed E-state index contributed by atoms with van der Waals surface area (Å²) in [7, 11) is 0. The Kier molecular flexibility index (Phi) is 6.32. The zero-order valence-electron chi connectivity index (χ0n) is 17.8. The molecule has 8 heteroatoms. The number of carbonyl (C=O) groups is 2. The molecule has 4 rings (SSSR count). The molecule has 1 aromatic heterocycles. The van der Waals surface area contributed by atoms with Gasteiger partial charge in [0.1, 0.15) is 0 Å². The molecular formula is C22H31N5O3. The molecule has 1 aromatic rings. The van der Waals surface area contributed by atoms with Gasteiger partial charge >= 0.3 is 5.97 Å². The predicted octanol–water partition coefficient (Wildman–Crippen LogP) is 1.06. The Morgan fingerprint density at radius 3 is 2.53 bits per heavy atom. The highest BCUT2D eigenvalue weighted by molar-refractivity contribution is 5.79. The van der Waals surface area contributed by atoms with Crippen molar-refractivity contribution in [1.82, 2.24) is 19.8 Å². The van der Waals surface area contributed by atoms with Crippen LogP contribution < -0.4 is 4.90 Å². The van der Waals surface area contributed by atoms with Crippen LogP contribution in [-0.4, -0.2) is 84.1 Å². The van der Waals surface area contributed by atoms with Gasteiger partial charge in [0, 0.05) is 51.7 Å². The van der Waals surface area contributed by atoms with Gasteiger partial charge in [-0.3, -0.25) is 14.5 Å². The summed E-state index contributed by atoms with van der Waals surface area (Å²) in [6, 6.07) is 1.81. The van der Waals surface area contributed by atoms with Crippen molar-refractivity contribution in [3.8, 4) is 0 Å². The number of hydrogen-bond donors (Lipinski definition) is 0. The van der Waals surface area contributed by atoms with E-state index in [2.05, 4.69) is 38.8 Å². The van der Waals surface area contributed by atoms with Gasteiger partial charge in [-0.15, -0.1) is 0 Å². The molecule has 3 heterocycles. The maximum Gasteiger partial charge on any atom is 0.309 e. The minimum Gasteiger partial charge on any atom is -0.466 e. The summed E-state index contributed by atoms with van der Waals surface area (Å²) in [5.41, 5.74) is 0. The number of allylic oxidation sites excluding steroid dienone is 1.